The zero-order valence-corrected chi connectivity index (χ0v) is 9.32. The Hall–Kier alpha value is -1.47. The van der Waals surface area contributed by atoms with Gasteiger partial charge in [0.25, 0.3) is 0 Å². The minimum atomic E-state index is -1.34. The second-order valence-corrected chi connectivity index (χ2v) is 4.09. The van der Waals surface area contributed by atoms with Crippen LogP contribution in [0, 0.1) is 0 Å². The molecule has 1 aromatic heterocycles. The number of rotatable bonds is 5. The van der Waals surface area contributed by atoms with Gasteiger partial charge in [0.2, 0.25) is 0 Å². The van der Waals surface area contributed by atoms with Gasteiger partial charge in [0.15, 0.2) is 6.10 Å². The Morgan fingerprint density at radius 2 is 2.53 bits per heavy atom. The molecule has 1 aliphatic heterocycles. The lowest BCUT2D eigenvalue weighted by Crippen LogP contribution is -2.22. The predicted molar refractivity (Wildman–Crippen MR) is 56.5 cm³/mol. The molecule has 7 heteroatoms. The number of hydrogen-bond acceptors (Lipinski definition) is 5. The number of aromatic nitrogens is 3. The van der Waals surface area contributed by atoms with E-state index in [1.807, 2.05) is 0 Å². The number of aliphatic carboxylic acids is 1. The van der Waals surface area contributed by atoms with Gasteiger partial charge < -0.3 is 19.5 Å². The molecule has 1 saturated heterocycles. The third-order valence-electron chi connectivity index (χ3n) is 2.87. The number of aryl methyl sites for hydroxylation is 1. The second kappa shape index (κ2) is 5.24. The average Bonchev–Trinajstić information content (AvgIpc) is 2.95. The molecule has 0 saturated carbocycles. The highest BCUT2D eigenvalue weighted by molar-refractivity contribution is 5.71. The molecule has 17 heavy (non-hydrogen) atoms. The van der Waals surface area contributed by atoms with Crippen LogP contribution in [0.1, 0.15) is 24.6 Å². The molecule has 2 N–H and O–H groups in total. The average molecular weight is 241 g/mol. The van der Waals surface area contributed by atoms with Crippen molar-refractivity contribution in [3.05, 3.63) is 12.2 Å². The molecule has 2 unspecified atom stereocenters. The van der Waals surface area contributed by atoms with E-state index in [0.717, 1.165) is 18.9 Å². The summed E-state index contributed by atoms with van der Waals surface area (Å²) < 4.78 is 7.06. The van der Waals surface area contributed by atoms with Gasteiger partial charge in [-0.3, -0.25) is 0 Å². The number of aliphatic hydroxyl groups is 1. The SMILES string of the molecule is O=C(O)C(O)CCn1cnnc1C1CCOC1. The van der Waals surface area contributed by atoms with Gasteiger partial charge in [-0.25, -0.2) is 4.79 Å². The van der Waals surface area contributed by atoms with Gasteiger partial charge in [0.1, 0.15) is 12.2 Å². The summed E-state index contributed by atoms with van der Waals surface area (Å²) in [5.74, 6) is -0.177. The molecule has 0 aliphatic carbocycles. The Morgan fingerprint density at radius 3 is 3.18 bits per heavy atom. The Kier molecular flexibility index (Phi) is 3.70. The molecule has 2 rings (SSSR count). The van der Waals surface area contributed by atoms with Gasteiger partial charge in [-0.2, -0.15) is 0 Å². The third-order valence-corrected chi connectivity index (χ3v) is 2.87. The summed E-state index contributed by atoms with van der Waals surface area (Å²) in [4.78, 5) is 10.5. The first-order valence-corrected chi connectivity index (χ1v) is 5.55. The molecule has 94 valence electrons. The fraction of sp³-hybridized carbons (Fsp3) is 0.700. The van der Waals surface area contributed by atoms with Gasteiger partial charge in [0, 0.05) is 25.5 Å². The number of carbonyl (C=O) groups is 1. The van der Waals surface area contributed by atoms with E-state index in [9.17, 15) is 9.90 Å². The summed E-state index contributed by atoms with van der Waals surface area (Å²) in [7, 11) is 0. The molecule has 0 amide bonds. The Morgan fingerprint density at radius 1 is 1.71 bits per heavy atom. The second-order valence-electron chi connectivity index (χ2n) is 4.09. The summed E-state index contributed by atoms with van der Waals surface area (Å²) in [5, 5.41) is 25.6. The molecule has 0 aromatic carbocycles. The van der Waals surface area contributed by atoms with E-state index in [4.69, 9.17) is 9.84 Å². The van der Waals surface area contributed by atoms with Crippen molar-refractivity contribution in [3.8, 4) is 0 Å². The van der Waals surface area contributed by atoms with Crippen molar-refractivity contribution in [2.24, 2.45) is 0 Å². The Balaban J connectivity index is 1.96. The zero-order chi connectivity index (χ0) is 12.3. The van der Waals surface area contributed by atoms with E-state index in [0.29, 0.717) is 13.2 Å². The first-order valence-electron chi connectivity index (χ1n) is 5.55. The van der Waals surface area contributed by atoms with Crippen LogP contribution < -0.4 is 0 Å². The van der Waals surface area contributed by atoms with Gasteiger partial charge in [0.05, 0.1) is 6.61 Å². The fourth-order valence-corrected chi connectivity index (χ4v) is 1.88. The summed E-state index contributed by atoms with van der Waals surface area (Å²) in [6, 6.07) is 0. The molecular formula is C10H15N3O4. The van der Waals surface area contributed by atoms with E-state index < -0.39 is 12.1 Å². The lowest BCUT2D eigenvalue weighted by Gasteiger charge is -2.11. The fourth-order valence-electron chi connectivity index (χ4n) is 1.88. The lowest BCUT2D eigenvalue weighted by atomic mass is 10.1. The topological polar surface area (TPSA) is 97.5 Å². The van der Waals surface area contributed by atoms with Crippen LogP contribution in [0.5, 0.6) is 0 Å². The molecule has 1 aliphatic rings. The molecule has 0 spiro atoms. The molecular weight excluding hydrogens is 226 g/mol. The predicted octanol–water partition coefficient (Wildman–Crippen LogP) is -0.382. The molecule has 2 atom stereocenters. The minimum absolute atomic E-state index is 0.147. The van der Waals surface area contributed by atoms with Crippen LogP contribution in [0.15, 0.2) is 6.33 Å². The number of hydrogen-bond donors (Lipinski definition) is 2. The first-order chi connectivity index (χ1) is 8.18. The van der Waals surface area contributed by atoms with Crippen LogP contribution >= 0.6 is 0 Å². The number of carboxylic acid groups (broad SMARTS) is 1. The summed E-state index contributed by atoms with van der Waals surface area (Å²) >= 11 is 0. The summed E-state index contributed by atoms with van der Waals surface area (Å²) in [5.41, 5.74) is 0. The molecule has 2 heterocycles. The van der Waals surface area contributed by atoms with E-state index >= 15 is 0 Å². The van der Waals surface area contributed by atoms with Crippen molar-refractivity contribution in [2.45, 2.75) is 31.4 Å². The van der Waals surface area contributed by atoms with Crippen molar-refractivity contribution in [1.29, 1.82) is 0 Å². The van der Waals surface area contributed by atoms with Gasteiger partial charge in [-0.05, 0) is 6.42 Å². The zero-order valence-electron chi connectivity index (χ0n) is 9.32. The monoisotopic (exact) mass is 241 g/mol. The van der Waals surface area contributed by atoms with Crippen LogP contribution in [0.2, 0.25) is 0 Å². The minimum Gasteiger partial charge on any atom is -0.479 e. The first kappa shape index (κ1) is 12.0. The molecule has 0 bridgehead atoms. The van der Waals surface area contributed by atoms with Crippen LogP contribution in [0.25, 0.3) is 0 Å². The maximum atomic E-state index is 10.5. The Bertz CT molecular complexity index is 387. The van der Waals surface area contributed by atoms with E-state index in [2.05, 4.69) is 10.2 Å². The smallest absolute Gasteiger partial charge is 0.332 e. The van der Waals surface area contributed by atoms with Gasteiger partial charge in [-0.1, -0.05) is 0 Å². The summed E-state index contributed by atoms with van der Waals surface area (Å²) in [6.07, 6.45) is 1.26. The Labute approximate surface area is 98.0 Å². The van der Waals surface area contributed by atoms with E-state index in [1.54, 1.807) is 10.9 Å². The number of nitrogens with zero attached hydrogens (tertiary/aromatic N) is 3. The molecule has 1 fully saturated rings. The van der Waals surface area contributed by atoms with Crippen molar-refractivity contribution in [3.63, 3.8) is 0 Å². The maximum Gasteiger partial charge on any atom is 0.332 e. The van der Waals surface area contributed by atoms with Crippen molar-refractivity contribution in [2.75, 3.05) is 13.2 Å². The van der Waals surface area contributed by atoms with Crippen LogP contribution in [0.4, 0.5) is 0 Å². The van der Waals surface area contributed by atoms with Crippen molar-refractivity contribution < 1.29 is 19.7 Å². The van der Waals surface area contributed by atoms with Crippen LogP contribution in [-0.2, 0) is 16.1 Å². The largest absolute Gasteiger partial charge is 0.479 e. The maximum absolute atomic E-state index is 10.5. The number of aliphatic hydroxyl groups excluding tert-OH is 1. The van der Waals surface area contributed by atoms with E-state index in [1.165, 1.54) is 0 Å². The van der Waals surface area contributed by atoms with E-state index in [-0.39, 0.29) is 12.3 Å². The summed E-state index contributed by atoms with van der Waals surface area (Å²) in [6.45, 7) is 1.74. The number of carboxylic acids is 1. The molecule has 0 radical (unpaired) electrons. The highest BCUT2D eigenvalue weighted by Gasteiger charge is 2.23. The normalized spacial score (nSPS) is 21.6. The highest BCUT2D eigenvalue weighted by atomic mass is 16.5. The van der Waals surface area contributed by atoms with Crippen LogP contribution in [-0.4, -0.2) is 50.3 Å². The molecule has 1 aromatic rings. The van der Waals surface area contributed by atoms with Crippen molar-refractivity contribution in [1.82, 2.24) is 14.8 Å². The quantitative estimate of drug-likeness (QED) is 0.729. The highest BCUT2D eigenvalue weighted by Crippen LogP contribution is 2.23. The van der Waals surface area contributed by atoms with Crippen LogP contribution in [0.3, 0.4) is 0 Å². The lowest BCUT2D eigenvalue weighted by molar-refractivity contribution is -0.147. The standard InChI is InChI=1S/C10H15N3O4/c14-8(10(15)16)1-3-13-6-11-12-9(13)7-2-4-17-5-7/h6-8,14H,1-5H2,(H,15,16). The van der Waals surface area contributed by atoms with Gasteiger partial charge >= 0.3 is 5.97 Å². The third kappa shape index (κ3) is 2.80. The molecule has 7 nitrogen and oxygen atoms in total. The van der Waals surface area contributed by atoms with Crippen molar-refractivity contribution >= 4 is 5.97 Å². The number of ether oxygens (including phenoxy) is 1. The van der Waals surface area contributed by atoms with Gasteiger partial charge in [-0.15, -0.1) is 10.2 Å².